The molecule has 0 spiro atoms. The second kappa shape index (κ2) is 5.91. The van der Waals surface area contributed by atoms with Crippen LogP contribution < -0.4 is 10.9 Å². The van der Waals surface area contributed by atoms with E-state index in [9.17, 15) is 14.4 Å². The summed E-state index contributed by atoms with van der Waals surface area (Å²) in [5, 5.41) is 0. The molecule has 0 aromatic rings. The van der Waals surface area contributed by atoms with Gasteiger partial charge >= 0.3 is 6.09 Å². The second-order valence-corrected chi connectivity index (χ2v) is 6.58. The van der Waals surface area contributed by atoms with Crippen LogP contribution in [-0.2, 0) is 14.3 Å². The van der Waals surface area contributed by atoms with Crippen LogP contribution in [0.1, 0.15) is 46.5 Å². The van der Waals surface area contributed by atoms with Crippen LogP contribution in [0, 0.1) is 5.92 Å². The van der Waals surface area contributed by atoms with Crippen molar-refractivity contribution < 1.29 is 19.1 Å². The Labute approximate surface area is 124 Å². The summed E-state index contributed by atoms with van der Waals surface area (Å²) >= 11 is 0. The molecule has 1 aliphatic carbocycles. The third kappa shape index (κ3) is 4.34. The highest BCUT2D eigenvalue weighted by atomic mass is 16.6. The largest absolute Gasteiger partial charge is 0.444 e. The standard InChI is InChI=1S/C14H23N3O4/c1-14(2,3)21-13(20)17-8-4-5-10(17)12(19)16-15-11(18)9-6-7-9/h9-10H,4-8H2,1-3H3,(H,15,18)(H,16,19)/t10-/m0/s1. The number of nitrogens with zero attached hydrogens (tertiary/aromatic N) is 1. The van der Waals surface area contributed by atoms with Crippen molar-refractivity contribution in [3.8, 4) is 0 Å². The molecule has 2 rings (SSSR count). The molecule has 1 saturated heterocycles. The van der Waals surface area contributed by atoms with Crippen LogP contribution in [-0.4, -0.2) is 41.0 Å². The summed E-state index contributed by atoms with van der Waals surface area (Å²) in [4.78, 5) is 37.1. The molecular weight excluding hydrogens is 274 g/mol. The van der Waals surface area contributed by atoms with Gasteiger partial charge in [0.25, 0.3) is 5.91 Å². The molecule has 0 aromatic heterocycles. The molecule has 0 aromatic carbocycles. The number of carbonyl (C=O) groups excluding carboxylic acids is 3. The Bertz CT molecular complexity index is 440. The molecule has 2 N–H and O–H groups in total. The predicted octanol–water partition coefficient (Wildman–Crippen LogP) is 0.943. The van der Waals surface area contributed by atoms with Crippen molar-refractivity contribution in [1.29, 1.82) is 0 Å². The van der Waals surface area contributed by atoms with E-state index >= 15 is 0 Å². The number of hydrogen-bond donors (Lipinski definition) is 2. The molecule has 7 nitrogen and oxygen atoms in total. The van der Waals surface area contributed by atoms with Crippen LogP contribution in [0.5, 0.6) is 0 Å². The first-order chi connectivity index (χ1) is 9.78. The van der Waals surface area contributed by atoms with Gasteiger partial charge in [0.2, 0.25) is 5.91 Å². The van der Waals surface area contributed by atoms with E-state index in [0.717, 1.165) is 19.3 Å². The summed E-state index contributed by atoms with van der Waals surface area (Å²) in [5.41, 5.74) is 4.22. The monoisotopic (exact) mass is 297 g/mol. The summed E-state index contributed by atoms with van der Waals surface area (Å²) < 4.78 is 5.30. The van der Waals surface area contributed by atoms with Gasteiger partial charge in [0, 0.05) is 12.5 Å². The Morgan fingerprint density at radius 3 is 2.24 bits per heavy atom. The van der Waals surface area contributed by atoms with Crippen molar-refractivity contribution in [2.24, 2.45) is 5.92 Å². The highest BCUT2D eigenvalue weighted by molar-refractivity contribution is 5.89. The van der Waals surface area contributed by atoms with E-state index in [-0.39, 0.29) is 17.7 Å². The summed E-state index contributed by atoms with van der Waals surface area (Å²) in [6.07, 6.45) is 2.57. The molecule has 2 aliphatic rings. The van der Waals surface area contributed by atoms with Gasteiger partial charge in [-0.25, -0.2) is 4.79 Å². The number of carbonyl (C=O) groups is 3. The van der Waals surface area contributed by atoms with Gasteiger partial charge in [-0.05, 0) is 46.5 Å². The van der Waals surface area contributed by atoms with Crippen molar-refractivity contribution in [3.63, 3.8) is 0 Å². The molecule has 118 valence electrons. The number of hydrazine groups is 1. The minimum atomic E-state index is -0.596. The Balaban J connectivity index is 1.86. The maximum atomic E-state index is 12.1. The molecule has 3 amide bonds. The Hall–Kier alpha value is -1.79. The van der Waals surface area contributed by atoms with Crippen LogP contribution in [0.15, 0.2) is 0 Å². The van der Waals surface area contributed by atoms with E-state index in [2.05, 4.69) is 10.9 Å². The van der Waals surface area contributed by atoms with E-state index < -0.39 is 17.7 Å². The SMILES string of the molecule is CC(C)(C)OC(=O)N1CCC[C@H]1C(=O)NNC(=O)C1CC1. The first-order valence-electron chi connectivity index (χ1n) is 7.37. The van der Waals surface area contributed by atoms with Gasteiger partial charge in [0.05, 0.1) is 0 Å². The quantitative estimate of drug-likeness (QED) is 0.743. The van der Waals surface area contributed by atoms with Gasteiger partial charge in [0.15, 0.2) is 0 Å². The van der Waals surface area contributed by atoms with Gasteiger partial charge in [-0.2, -0.15) is 0 Å². The van der Waals surface area contributed by atoms with Crippen molar-refractivity contribution in [2.45, 2.75) is 58.1 Å². The van der Waals surface area contributed by atoms with Crippen LogP contribution in [0.2, 0.25) is 0 Å². The zero-order chi connectivity index (χ0) is 15.6. The third-order valence-electron chi connectivity index (χ3n) is 3.44. The molecule has 1 saturated carbocycles. The lowest BCUT2D eigenvalue weighted by Gasteiger charge is -2.28. The van der Waals surface area contributed by atoms with Gasteiger partial charge in [-0.1, -0.05) is 0 Å². The lowest BCUT2D eigenvalue weighted by atomic mass is 10.2. The highest BCUT2D eigenvalue weighted by Gasteiger charge is 2.37. The lowest BCUT2D eigenvalue weighted by molar-refractivity contribution is -0.131. The van der Waals surface area contributed by atoms with Crippen molar-refractivity contribution in [1.82, 2.24) is 15.8 Å². The summed E-state index contributed by atoms with van der Waals surface area (Å²) in [5.74, 6) is -0.506. The van der Waals surface area contributed by atoms with Crippen LogP contribution in [0.25, 0.3) is 0 Å². The molecule has 1 atom stereocenters. The Morgan fingerprint density at radius 2 is 1.67 bits per heavy atom. The maximum Gasteiger partial charge on any atom is 0.410 e. The fraction of sp³-hybridized carbons (Fsp3) is 0.786. The number of hydrogen-bond acceptors (Lipinski definition) is 4. The van der Waals surface area contributed by atoms with Gasteiger partial charge in [0.1, 0.15) is 11.6 Å². The van der Waals surface area contributed by atoms with E-state index in [1.807, 2.05) is 0 Å². The summed E-state index contributed by atoms with van der Waals surface area (Å²) in [6, 6.07) is -0.584. The van der Waals surface area contributed by atoms with Crippen LogP contribution in [0.4, 0.5) is 4.79 Å². The molecule has 1 heterocycles. The van der Waals surface area contributed by atoms with Gasteiger partial charge in [-0.3, -0.25) is 25.3 Å². The topological polar surface area (TPSA) is 87.7 Å². The molecule has 0 bridgehead atoms. The smallest absolute Gasteiger partial charge is 0.410 e. The summed E-state index contributed by atoms with van der Waals surface area (Å²) in [7, 11) is 0. The van der Waals surface area contributed by atoms with E-state index in [4.69, 9.17) is 4.74 Å². The molecule has 0 radical (unpaired) electrons. The third-order valence-corrected chi connectivity index (χ3v) is 3.44. The van der Waals surface area contributed by atoms with Crippen molar-refractivity contribution >= 4 is 17.9 Å². The van der Waals surface area contributed by atoms with Crippen molar-refractivity contribution in [3.05, 3.63) is 0 Å². The first-order valence-corrected chi connectivity index (χ1v) is 7.37. The predicted molar refractivity (Wildman–Crippen MR) is 75.0 cm³/mol. The van der Waals surface area contributed by atoms with E-state index in [1.54, 1.807) is 20.8 Å². The lowest BCUT2D eigenvalue weighted by Crippen LogP contribution is -2.52. The zero-order valence-electron chi connectivity index (χ0n) is 12.8. The van der Waals surface area contributed by atoms with Gasteiger partial charge < -0.3 is 4.74 Å². The summed E-state index contributed by atoms with van der Waals surface area (Å²) in [6.45, 7) is 5.84. The molecule has 1 aliphatic heterocycles. The van der Waals surface area contributed by atoms with E-state index in [0.29, 0.717) is 13.0 Å². The van der Waals surface area contributed by atoms with Crippen LogP contribution in [0.3, 0.4) is 0 Å². The number of likely N-dealkylation sites (tertiary alicyclic amines) is 1. The second-order valence-electron chi connectivity index (χ2n) is 6.58. The zero-order valence-corrected chi connectivity index (χ0v) is 12.8. The molecule has 21 heavy (non-hydrogen) atoms. The average molecular weight is 297 g/mol. The minimum Gasteiger partial charge on any atom is -0.444 e. The highest BCUT2D eigenvalue weighted by Crippen LogP contribution is 2.28. The molecule has 2 fully saturated rings. The fourth-order valence-electron chi connectivity index (χ4n) is 2.23. The van der Waals surface area contributed by atoms with Gasteiger partial charge in [-0.15, -0.1) is 0 Å². The Morgan fingerprint density at radius 1 is 1.05 bits per heavy atom. The number of nitrogens with one attached hydrogen (secondary N) is 2. The number of rotatable bonds is 2. The molecular formula is C14H23N3O4. The average Bonchev–Trinajstić information content (AvgIpc) is 3.10. The number of ether oxygens (including phenoxy) is 1. The van der Waals surface area contributed by atoms with E-state index in [1.165, 1.54) is 4.90 Å². The first kappa shape index (κ1) is 15.6. The minimum absolute atomic E-state index is 0.0239. The number of amides is 3. The normalized spacial score (nSPS) is 21.9. The fourth-order valence-corrected chi connectivity index (χ4v) is 2.23. The molecule has 7 heteroatoms. The van der Waals surface area contributed by atoms with Crippen LogP contribution >= 0.6 is 0 Å². The Kier molecular flexibility index (Phi) is 4.39. The molecule has 0 unspecified atom stereocenters. The van der Waals surface area contributed by atoms with Crippen molar-refractivity contribution in [2.75, 3.05) is 6.54 Å². The maximum absolute atomic E-state index is 12.1.